The van der Waals surface area contributed by atoms with Gasteiger partial charge < -0.3 is 4.90 Å². The second kappa shape index (κ2) is 8.50. The number of fused-ring (bicyclic) bond motifs is 1. The van der Waals surface area contributed by atoms with Crippen LogP contribution in [0.1, 0.15) is 32.3 Å². The number of rotatable bonds is 3. The number of hydrogen-bond donors (Lipinski definition) is 0. The molecule has 0 radical (unpaired) electrons. The average Bonchev–Trinajstić information content (AvgIpc) is 3.06. The molecule has 0 saturated carbocycles. The lowest BCUT2D eigenvalue weighted by atomic mass is 9.86. The lowest BCUT2D eigenvalue weighted by molar-refractivity contribution is -0.130. The molecular formula is C23H10BrCl4FN2O3. The van der Waals surface area contributed by atoms with E-state index in [2.05, 4.69) is 15.9 Å². The lowest BCUT2D eigenvalue weighted by Crippen LogP contribution is -2.67. The van der Waals surface area contributed by atoms with Crippen molar-refractivity contribution in [3.05, 3.63) is 95.6 Å². The molecule has 0 aromatic heterocycles. The molecule has 11 heteroatoms. The van der Waals surface area contributed by atoms with Crippen molar-refractivity contribution in [2.24, 2.45) is 0 Å². The van der Waals surface area contributed by atoms with Crippen molar-refractivity contribution in [1.82, 2.24) is 4.90 Å². The summed E-state index contributed by atoms with van der Waals surface area (Å²) in [4.78, 5) is 42.3. The number of amides is 3. The Balaban J connectivity index is 1.64. The minimum atomic E-state index is -1.26. The number of carbonyl (C=O) groups is 3. The Labute approximate surface area is 221 Å². The normalized spacial score (nSPS) is 19.5. The molecule has 2 aliphatic rings. The molecule has 3 amide bonds. The van der Waals surface area contributed by atoms with E-state index in [1.165, 1.54) is 23.1 Å². The summed E-state index contributed by atoms with van der Waals surface area (Å²) in [5.74, 6) is -2.73. The maximum atomic E-state index is 14.1. The number of imide groups is 1. The summed E-state index contributed by atoms with van der Waals surface area (Å²) in [7, 11) is 0. The Kier molecular flexibility index (Phi) is 5.89. The summed E-state index contributed by atoms with van der Waals surface area (Å²) in [5, 5.41) is -0.808. The molecule has 0 bridgehead atoms. The van der Waals surface area contributed by atoms with Gasteiger partial charge in [-0.15, -0.1) is 0 Å². The van der Waals surface area contributed by atoms with Crippen LogP contribution in [0.25, 0.3) is 0 Å². The molecule has 2 aliphatic heterocycles. The number of hydrogen-bond acceptors (Lipinski definition) is 3. The fraction of sp³-hybridized carbons (Fsp3) is 0.0870. The second-order valence-corrected chi connectivity index (χ2v) is 10.0. The standard InChI is InChI=1S/C23H10BrCl4FN2O3/c24-10-4-6-12(7-5-10)30-19(9-2-1-3-11(29)8-9)20(23(30)34)31-21(32)13-14(22(31)33)16(26)18(28)17(27)15(13)25/h1-8,19-20H. The third-order valence-electron chi connectivity index (χ3n) is 5.77. The van der Waals surface area contributed by atoms with Gasteiger partial charge in [-0.25, -0.2) is 4.39 Å². The highest BCUT2D eigenvalue weighted by Crippen LogP contribution is 2.49. The first kappa shape index (κ1) is 23.6. The molecule has 5 rings (SSSR count). The molecule has 0 aliphatic carbocycles. The van der Waals surface area contributed by atoms with Gasteiger partial charge >= 0.3 is 0 Å². The summed E-state index contributed by atoms with van der Waals surface area (Å²) in [6, 6.07) is 10.4. The Morgan fingerprint density at radius 2 is 1.29 bits per heavy atom. The van der Waals surface area contributed by atoms with Crippen molar-refractivity contribution in [3.63, 3.8) is 0 Å². The van der Waals surface area contributed by atoms with E-state index in [0.29, 0.717) is 11.3 Å². The summed E-state index contributed by atoms with van der Waals surface area (Å²) in [6.45, 7) is 0. The average molecular weight is 603 g/mol. The molecular weight excluding hydrogens is 593 g/mol. The van der Waals surface area contributed by atoms with Crippen LogP contribution >= 0.6 is 62.3 Å². The molecule has 172 valence electrons. The van der Waals surface area contributed by atoms with E-state index in [1.807, 2.05) is 0 Å². The van der Waals surface area contributed by atoms with E-state index >= 15 is 0 Å². The molecule has 34 heavy (non-hydrogen) atoms. The first-order chi connectivity index (χ1) is 16.1. The fourth-order valence-electron chi connectivity index (χ4n) is 4.26. The SMILES string of the molecule is O=C1c2c(Cl)c(Cl)c(Cl)c(Cl)c2C(=O)N1C1C(=O)N(c2ccc(Br)cc2)C1c1cccc(F)c1. The van der Waals surface area contributed by atoms with Crippen LogP contribution in [0.2, 0.25) is 20.1 Å². The highest BCUT2D eigenvalue weighted by atomic mass is 79.9. The van der Waals surface area contributed by atoms with Gasteiger partial charge in [0.1, 0.15) is 11.9 Å². The smallest absolute Gasteiger partial charge is 0.264 e. The molecule has 5 nitrogen and oxygen atoms in total. The van der Waals surface area contributed by atoms with Gasteiger partial charge in [-0.1, -0.05) is 74.5 Å². The van der Waals surface area contributed by atoms with Gasteiger partial charge in [0.15, 0.2) is 0 Å². The highest BCUT2D eigenvalue weighted by molar-refractivity contribution is 9.10. The minimum Gasteiger partial charge on any atom is -0.300 e. The van der Waals surface area contributed by atoms with Crippen molar-refractivity contribution in [3.8, 4) is 0 Å². The van der Waals surface area contributed by atoms with Gasteiger partial charge in [-0.2, -0.15) is 0 Å². The molecule has 0 spiro atoms. The van der Waals surface area contributed by atoms with Crippen LogP contribution < -0.4 is 4.90 Å². The van der Waals surface area contributed by atoms with E-state index in [0.717, 1.165) is 9.37 Å². The van der Waals surface area contributed by atoms with Crippen molar-refractivity contribution < 1.29 is 18.8 Å². The van der Waals surface area contributed by atoms with Gasteiger partial charge in [0.05, 0.1) is 37.3 Å². The molecule has 2 unspecified atom stereocenters. The molecule has 3 aromatic carbocycles. The van der Waals surface area contributed by atoms with Crippen molar-refractivity contribution in [2.75, 3.05) is 4.90 Å². The highest BCUT2D eigenvalue weighted by Gasteiger charge is 2.58. The third-order valence-corrected chi connectivity index (χ3v) is 8.10. The van der Waals surface area contributed by atoms with Crippen LogP contribution in [0.3, 0.4) is 0 Å². The Morgan fingerprint density at radius 1 is 0.735 bits per heavy atom. The zero-order chi connectivity index (χ0) is 24.5. The molecule has 1 fully saturated rings. The fourth-order valence-corrected chi connectivity index (χ4v) is 5.53. The number of carbonyl (C=O) groups excluding carboxylic acids is 3. The summed E-state index contributed by atoms with van der Waals surface area (Å²) >= 11 is 28.0. The maximum absolute atomic E-state index is 14.1. The van der Waals surface area contributed by atoms with Crippen LogP contribution in [0, 0.1) is 5.82 Å². The Morgan fingerprint density at radius 3 is 1.82 bits per heavy atom. The van der Waals surface area contributed by atoms with Crippen LogP contribution in [-0.4, -0.2) is 28.7 Å². The van der Waals surface area contributed by atoms with Crippen LogP contribution in [0.15, 0.2) is 53.0 Å². The molecule has 2 heterocycles. The van der Waals surface area contributed by atoms with Gasteiger partial charge in [-0.05, 0) is 42.0 Å². The first-order valence-corrected chi connectivity index (χ1v) is 12.0. The van der Waals surface area contributed by atoms with E-state index in [1.54, 1.807) is 30.3 Å². The first-order valence-electron chi connectivity index (χ1n) is 9.71. The van der Waals surface area contributed by atoms with E-state index in [4.69, 9.17) is 46.4 Å². The number of β-lactam (4-membered cyclic amide) rings is 1. The Hall–Kier alpha value is -2.16. The molecule has 0 N–H and O–H groups in total. The summed E-state index contributed by atoms with van der Waals surface area (Å²) in [5.41, 5.74) is 0.465. The van der Waals surface area contributed by atoms with Crippen molar-refractivity contribution in [1.29, 1.82) is 0 Å². The monoisotopic (exact) mass is 600 g/mol. The summed E-state index contributed by atoms with van der Waals surface area (Å²) in [6.07, 6.45) is 0. The third kappa shape index (κ3) is 3.37. The van der Waals surface area contributed by atoms with Crippen LogP contribution in [0.5, 0.6) is 0 Å². The largest absolute Gasteiger partial charge is 0.300 e. The quantitative estimate of drug-likeness (QED) is 0.141. The van der Waals surface area contributed by atoms with Gasteiger partial charge in [-0.3, -0.25) is 19.3 Å². The molecule has 3 aromatic rings. The maximum Gasteiger partial charge on any atom is 0.264 e. The number of benzene rings is 3. The predicted octanol–water partition coefficient (Wildman–Crippen LogP) is 6.95. The van der Waals surface area contributed by atoms with Gasteiger partial charge in [0, 0.05) is 10.2 Å². The topological polar surface area (TPSA) is 57.7 Å². The second-order valence-electron chi connectivity index (χ2n) is 7.62. The zero-order valence-electron chi connectivity index (χ0n) is 16.7. The predicted molar refractivity (Wildman–Crippen MR) is 132 cm³/mol. The van der Waals surface area contributed by atoms with E-state index in [-0.39, 0.29) is 31.2 Å². The number of halogens is 6. The number of anilines is 1. The van der Waals surface area contributed by atoms with Gasteiger partial charge in [0.25, 0.3) is 17.7 Å². The van der Waals surface area contributed by atoms with Crippen molar-refractivity contribution in [2.45, 2.75) is 12.1 Å². The van der Waals surface area contributed by atoms with E-state index in [9.17, 15) is 18.8 Å². The lowest BCUT2D eigenvalue weighted by Gasteiger charge is -2.49. The number of nitrogens with zero attached hydrogens (tertiary/aromatic N) is 2. The summed E-state index contributed by atoms with van der Waals surface area (Å²) < 4.78 is 14.9. The molecule has 2 atom stereocenters. The van der Waals surface area contributed by atoms with Crippen molar-refractivity contribution >= 4 is 85.7 Å². The van der Waals surface area contributed by atoms with E-state index < -0.39 is 35.6 Å². The molecule has 1 saturated heterocycles. The van der Waals surface area contributed by atoms with Crippen LogP contribution in [-0.2, 0) is 4.79 Å². The Bertz CT molecular complexity index is 1370. The van der Waals surface area contributed by atoms with Gasteiger partial charge in [0.2, 0.25) is 0 Å². The minimum absolute atomic E-state index is 0.173. The zero-order valence-corrected chi connectivity index (χ0v) is 21.3. The van der Waals surface area contributed by atoms with Crippen LogP contribution in [0.4, 0.5) is 10.1 Å².